The van der Waals surface area contributed by atoms with Crippen LogP contribution in [0.5, 0.6) is 0 Å². The molecule has 0 aromatic carbocycles. The third-order valence-corrected chi connectivity index (χ3v) is 2.53. The predicted molar refractivity (Wildman–Crippen MR) is 57.4 cm³/mol. The maximum Gasteiger partial charge on any atom is 0.324 e. The Bertz CT molecular complexity index is 247. The summed E-state index contributed by atoms with van der Waals surface area (Å²) in [6, 6.07) is -0.310. The van der Waals surface area contributed by atoms with Gasteiger partial charge in [-0.1, -0.05) is 13.8 Å². The van der Waals surface area contributed by atoms with Gasteiger partial charge in [0.2, 0.25) is 5.91 Å². The minimum absolute atomic E-state index is 0.0463. The van der Waals surface area contributed by atoms with E-state index in [2.05, 4.69) is 5.32 Å². The van der Waals surface area contributed by atoms with Crippen molar-refractivity contribution < 1.29 is 9.59 Å². The summed E-state index contributed by atoms with van der Waals surface area (Å²) in [5.41, 5.74) is 0. The normalized spacial score (nSPS) is 18.9. The Morgan fingerprint density at radius 2 is 2.00 bits per heavy atom. The van der Waals surface area contributed by atoms with E-state index in [9.17, 15) is 9.59 Å². The molecule has 0 bridgehead atoms. The lowest BCUT2D eigenvalue weighted by Gasteiger charge is -2.30. The fourth-order valence-corrected chi connectivity index (χ4v) is 1.74. The zero-order valence-corrected chi connectivity index (χ0v) is 9.78. The van der Waals surface area contributed by atoms with Gasteiger partial charge >= 0.3 is 6.03 Å². The molecule has 0 radical (unpaired) electrons. The Labute approximate surface area is 90.4 Å². The fourth-order valence-electron chi connectivity index (χ4n) is 1.74. The summed E-state index contributed by atoms with van der Waals surface area (Å²) >= 11 is 0. The van der Waals surface area contributed by atoms with Crippen molar-refractivity contribution in [1.29, 1.82) is 0 Å². The quantitative estimate of drug-likeness (QED) is 0.675. The summed E-state index contributed by atoms with van der Waals surface area (Å²) in [6.07, 6.45) is 0. The number of rotatable bonds is 4. The second-order valence-electron chi connectivity index (χ2n) is 4.50. The number of hydrogen-bond acceptors (Lipinski definition) is 3. The van der Waals surface area contributed by atoms with E-state index in [0.717, 1.165) is 0 Å². The van der Waals surface area contributed by atoms with Gasteiger partial charge in [-0.3, -0.25) is 9.69 Å². The molecule has 5 heteroatoms. The van der Waals surface area contributed by atoms with E-state index in [1.54, 1.807) is 0 Å². The first-order valence-electron chi connectivity index (χ1n) is 5.18. The number of nitrogens with zero attached hydrogens (tertiary/aromatic N) is 2. The molecule has 1 rings (SSSR count). The number of nitrogens with one attached hydrogen (secondary N) is 1. The number of urea groups is 1. The van der Waals surface area contributed by atoms with E-state index in [-0.39, 0.29) is 30.4 Å². The van der Waals surface area contributed by atoms with Crippen molar-refractivity contribution in [2.24, 2.45) is 5.92 Å². The average molecular weight is 213 g/mol. The van der Waals surface area contributed by atoms with Crippen molar-refractivity contribution in [2.75, 3.05) is 27.2 Å². The highest BCUT2D eigenvalue weighted by atomic mass is 16.2. The molecule has 1 heterocycles. The van der Waals surface area contributed by atoms with E-state index >= 15 is 0 Å². The topological polar surface area (TPSA) is 52.6 Å². The van der Waals surface area contributed by atoms with Gasteiger partial charge in [0, 0.05) is 6.54 Å². The van der Waals surface area contributed by atoms with Crippen LogP contribution in [0, 0.1) is 5.92 Å². The molecule has 1 saturated heterocycles. The molecule has 0 aromatic rings. The molecule has 0 aliphatic carbocycles. The molecule has 1 fully saturated rings. The van der Waals surface area contributed by atoms with Crippen LogP contribution >= 0.6 is 0 Å². The Morgan fingerprint density at radius 1 is 1.40 bits per heavy atom. The molecule has 3 amide bonds. The third-order valence-electron chi connectivity index (χ3n) is 2.53. The molecule has 15 heavy (non-hydrogen) atoms. The van der Waals surface area contributed by atoms with Crippen molar-refractivity contribution in [3.8, 4) is 0 Å². The Morgan fingerprint density at radius 3 is 2.33 bits per heavy atom. The van der Waals surface area contributed by atoms with E-state index in [4.69, 9.17) is 0 Å². The number of hydrogen-bond donors (Lipinski definition) is 1. The first-order chi connectivity index (χ1) is 6.93. The molecular weight excluding hydrogens is 194 g/mol. The van der Waals surface area contributed by atoms with Gasteiger partial charge in [-0.25, -0.2) is 4.79 Å². The van der Waals surface area contributed by atoms with Crippen LogP contribution in [0.1, 0.15) is 13.8 Å². The molecule has 0 saturated carbocycles. The summed E-state index contributed by atoms with van der Waals surface area (Å²) in [6.45, 7) is 4.88. The zero-order chi connectivity index (χ0) is 11.6. The molecule has 5 nitrogen and oxygen atoms in total. The van der Waals surface area contributed by atoms with Crippen LogP contribution < -0.4 is 5.32 Å². The molecule has 1 unspecified atom stereocenters. The molecule has 1 aliphatic heterocycles. The van der Waals surface area contributed by atoms with Gasteiger partial charge in [0.1, 0.15) is 0 Å². The first-order valence-corrected chi connectivity index (χ1v) is 5.18. The van der Waals surface area contributed by atoms with Crippen LogP contribution in [-0.2, 0) is 4.79 Å². The smallest absolute Gasteiger partial charge is 0.324 e. The molecule has 0 spiro atoms. The Hall–Kier alpha value is -1.10. The average Bonchev–Trinajstić information content (AvgIpc) is 2.42. The van der Waals surface area contributed by atoms with Crippen molar-refractivity contribution in [3.05, 3.63) is 0 Å². The van der Waals surface area contributed by atoms with E-state index in [1.165, 1.54) is 4.90 Å². The van der Waals surface area contributed by atoms with Crippen LogP contribution in [0.25, 0.3) is 0 Å². The lowest BCUT2D eigenvalue weighted by Crippen LogP contribution is -2.48. The number of carbonyl (C=O) groups excluding carboxylic acids is 2. The highest BCUT2D eigenvalue weighted by Crippen LogP contribution is 2.15. The minimum atomic E-state index is -0.263. The molecule has 0 aromatic heterocycles. The van der Waals surface area contributed by atoms with Crippen molar-refractivity contribution >= 4 is 11.9 Å². The fraction of sp³-hybridized carbons (Fsp3) is 0.800. The second kappa shape index (κ2) is 4.61. The zero-order valence-electron chi connectivity index (χ0n) is 9.78. The highest BCUT2D eigenvalue weighted by Gasteiger charge is 2.36. The molecule has 1 atom stereocenters. The molecule has 86 valence electrons. The molecule has 1 aliphatic rings. The number of imide groups is 1. The summed E-state index contributed by atoms with van der Waals surface area (Å²) in [5, 5.41) is 2.55. The molecule has 1 N–H and O–H groups in total. The van der Waals surface area contributed by atoms with Gasteiger partial charge in [-0.05, 0) is 20.0 Å². The lowest BCUT2D eigenvalue weighted by atomic mass is 10.0. The maximum atomic E-state index is 11.5. The van der Waals surface area contributed by atoms with E-state index in [1.807, 2.05) is 32.8 Å². The van der Waals surface area contributed by atoms with Gasteiger partial charge in [-0.15, -0.1) is 0 Å². The highest BCUT2D eigenvalue weighted by molar-refractivity contribution is 6.02. The number of carbonyl (C=O) groups is 2. The predicted octanol–water partition coefficient (Wildman–Crippen LogP) is 0.124. The largest absolute Gasteiger partial charge is 0.329 e. The number of amides is 3. The second-order valence-corrected chi connectivity index (χ2v) is 4.50. The van der Waals surface area contributed by atoms with Crippen LogP contribution in [0.3, 0.4) is 0 Å². The monoisotopic (exact) mass is 213 g/mol. The standard InChI is InChI=1S/C10H19N3O2/c1-7(2)8(6-12(3)4)13-9(14)5-11-10(13)15/h7-8H,5-6H2,1-4H3,(H,11,15). The summed E-state index contributed by atoms with van der Waals surface area (Å²) in [7, 11) is 3.88. The van der Waals surface area contributed by atoms with Crippen LogP contribution in [0.2, 0.25) is 0 Å². The summed E-state index contributed by atoms with van der Waals surface area (Å²) in [5.74, 6) is 0.140. The first kappa shape index (κ1) is 12.0. The van der Waals surface area contributed by atoms with Gasteiger partial charge in [0.05, 0.1) is 12.6 Å². The summed E-state index contributed by atoms with van der Waals surface area (Å²) < 4.78 is 0. The van der Waals surface area contributed by atoms with E-state index in [0.29, 0.717) is 6.54 Å². The van der Waals surface area contributed by atoms with Crippen molar-refractivity contribution in [2.45, 2.75) is 19.9 Å². The van der Waals surface area contributed by atoms with Crippen LogP contribution in [0.15, 0.2) is 0 Å². The van der Waals surface area contributed by atoms with Gasteiger partial charge < -0.3 is 10.2 Å². The summed E-state index contributed by atoms with van der Waals surface area (Å²) in [4.78, 5) is 26.4. The Kier molecular flexibility index (Phi) is 3.68. The van der Waals surface area contributed by atoms with E-state index < -0.39 is 0 Å². The van der Waals surface area contributed by atoms with Crippen molar-refractivity contribution in [3.63, 3.8) is 0 Å². The Balaban J connectivity index is 2.78. The molecular formula is C10H19N3O2. The number of likely N-dealkylation sites (N-methyl/N-ethyl adjacent to an activating group) is 1. The van der Waals surface area contributed by atoms with Gasteiger partial charge in [0.15, 0.2) is 0 Å². The third kappa shape index (κ3) is 2.68. The van der Waals surface area contributed by atoms with Crippen LogP contribution in [0.4, 0.5) is 4.79 Å². The minimum Gasteiger partial charge on any atom is -0.329 e. The van der Waals surface area contributed by atoms with Crippen molar-refractivity contribution in [1.82, 2.24) is 15.1 Å². The van der Waals surface area contributed by atoms with Crippen LogP contribution in [-0.4, -0.2) is 55.0 Å². The maximum absolute atomic E-state index is 11.5. The lowest BCUT2D eigenvalue weighted by molar-refractivity contribution is -0.127. The SMILES string of the molecule is CC(C)C(CN(C)C)N1C(=O)CNC1=O. The van der Waals surface area contributed by atoms with Gasteiger partial charge in [-0.2, -0.15) is 0 Å². The van der Waals surface area contributed by atoms with Gasteiger partial charge in [0.25, 0.3) is 0 Å².